The van der Waals surface area contributed by atoms with E-state index in [4.69, 9.17) is 0 Å². The van der Waals surface area contributed by atoms with Crippen LogP contribution in [0.3, 0.4) is 0 Å². The van der Waals surface area contributed by atoms with E-state index in [-0.39, 0.29) is 35.5 Å². The third-order valence-corrected chi connectivity index (χ3v) is 0. The minimum Gasteiger partial charge on any atom is 0.316 e. The first kappa shape index (κ1) is 17.3. The van der Waals surface area contributed by atoms with Crippen molar-refractivity contribution >= 4 is 35.5 Å². The molecular weight excluding hydrogens is 137 g/mol. The summed E-state index contributed by atoms with van der Waals surface area (Å²) in [5, 5.41) is 0. The Balaban J connectivity index is -0.00000000500. The molecule has 0 aromatic carbocycles. The molecule has 0 aliphatic heterocycles. The van der Waals surface area contributed by atoms with Crippen molar-refractivity contribution in [2.24, 2.45) is 0 Å². The second kappa shape index (κ2) is 22.5. The van der Waals surface area contributed by atoms with Gasteiger partial charge in [-0.05, 0) is 0 Å². The summed E-state index contributed by atoms with van der Waals surface area (Å²) in [6.07, 6.45) is 0. The molecule has 21 valence electrons. The van der Waals surface area contributed by atoms with Crippen molar-refractivity contribution in [1.29, 1.82) is 0 Å². The zero-order valence-corrected chi connectivity index (χ0v) is 5.90. The Kier molecular flexibility index (Phi) is 97.3. The van der Waals surface area contributed by atoms with Crippen LogP contribution in [0.5, 0.6) is 0 Å². The second-order valence-electron chi connectivity index (χ2n) is 0. The Morgan fingerprint density at radius 1 is 1.25 bits per heavy atom. The number of halogens is 1. The van der Waals surface area contributed by atoms with Crippen molar-refractivity contribution in [3.63, 3.8) is 0 Å². The monoisotopic (exact) mass is 141 g/mol. The van der Waals surface area contributed by atoms with Crippen LogP contribution in [0.1, 0.15) is 0 Å². The Labute approximate surface area is 59.0 Å². The average Bonchev–Trinajstić information content (AvgIpc) is 1.00. The van der Waals surface area contributed by atoms with Gasteiger partial charge in [-0.25, -0.2) is 0 Å². The van der Waals surface area contributed by atoms with Crippen LogP contribution in [0.2, 0.25) is 5.52 Å². The van der Waals surface area contributed by atoms with Gasteiger partial charge >= 0.3 is 46.9 Å². The molecule has 3 heteroatoms. The van der Waals surface area contributed by atoms with Crippen LogP contribution in [0.15, 0.2) is 0 Å². The molecule has 0 saturated carbocycles. The molecule has 0 radical (unpaired) electrons. The standard InChI is InChI=1S/CH3.ClH.Mg.Zn.2H/h1H3;1H;;;;. The fraction of sp³-hybridized carbons (Fsp3) is 1.00. The number of rotatable bonds is 0. The van der Waals surface area contributed by atoms with Crippen molar-refractivity contribution < 1.29 is 18.3 Å². The van der Waals surface area contributed by atoms with Gasteiger partial charge in [0.2, 0.25) is 0 Å². The van der Waals surface area contributed by atoms with Crippen molar-refractivity contribution in [3.05, 3.63) is 0 Å². The van der Waals surface area contributed by atoms with Gasteiger partial charge < -0.3 is 0 Å². The normalized spacial score (nSPS) is 1.75. The maximum atomic E-state index is 2.12. The quantitative estimate of drug-likeness (QED) is 0.421. The molecule has 0 aliphatic carbocycles. The summed E-state index contributed by atoms with van der Waals surface area (Å²) in [7, 11) is 0. The molecule has 0 rings (SSSR count). The predicted molar refractivity (Wildman–Crippen MR) is 21.7 cm³/mol. The maximum absolute atomic E-state index is 2.12. The van der Waals surface area contributed by atoms with E-state index in [9.17, 15) is 0 Å². The summed E-state index contributed by atoms with van der Waals surface area (Å²) in [4.78, 5) is 0. The van der Waals surface area contributed by atoms with E-state index in [0.717, 1.165) is 0 Å². The Hall–Kier alpha value is 1.68. The van der Waals surface area contributed by atoms with Crippen LogP contribution in [0.4, 0.5) is 0 Å². The fourth-order valence-electron chi connectivity index (χ4n) is 0. The van der Waals surface area contributed by atoms with Crippen molar-refractivity contribution in [3.8, 4) is 0 Å². The minimum atomic E-state index is 0. The number of hydrogen-bond donors (Lipinski definition) is 0. The van der Waals surface area contributed by atoms with Crippen molar-refractivity contribution in [2.45, 2.75) is 5.52 Å². The molecule has 0 nitrogen and oxygen atoms in total. The van der Waals surface area contributed by atoms with Gasteiger partial charge in [0, 0.05) is 0 Å². The van der Waals surface area contributed by atoms with Crippen LogP contribution in [-0.2, 0) is 18.3 Å². The summed E-state index contributed by atoms with van der Waals surface area (Å²) in [6.45, 7) is 0. The first-order valence-electron chi connectivity index (χ1n) is 0.707. The zero-order chi connectivity index (χ0) is 2.00. The molecule has 0 bridgehead atoms. The minimum absolute atomic E-state index is 0. The zero-order valence-electron chi connectivity index (χ0n) is 2.12. The van der Waals surface area contributed by atoms with Gasteiger partial charge in [-0.15, -0.1) is 12.4 Å². The van der Waals surface area contributed by atoms with Gasteiger partial charge in [-0.2, -0.15) is 0 Å². The van der Waals surface area contributed by atoms with Gasteiger partial charge in [-0.3, -0.25) is 0 Å². The average molecular weight is 143 g/mol. The molecule has 0 unspecified atom stereocenters. The Bertz CT molecular complexity index is 8.00. The largest absolute Gasteiger partial charge is 0.316 e. The second-order valence-corrected chi connectivity index (χ2v) is 0. The molecular formula is CH6ClMgZn. The molecule has 0 heterocycles. The molecule has 0 saturated heterocycles. The summed E-state index contributed by atoms with van der Waals surface area (Å²) >= 11 is 1.38. The molecule has 0 amide bonds. The smallest absolute Gasteiger partial charge is 0.316 e. The Morgan fingerprint density at radius 3 is 1.25 bits per heavy atom. The van der Waals surface area contributed by atoms with Crippen LogP contribution in [0, 0.1) is 0 Å². The fourth-order valence-corrected chi connectivity index (χ4v) is 0. The summed E-state index contributed by atoms with van der Waals surface area (Å²) in [5.74, 6) is 0. The van der Waals surface area contributed by atoms with E-state index in [1.807, 2.05) is 0 Å². The SMILES string of the molecule is Cl.[CH3][Zn].[MgH2]. The number of hydrogen-bond acceptors (Lipinski definition) is 0. The molecule has 0 spiro atoms. The summed E-state index contributed by atoms with van der Waals surface area (Å²) in [6, 6.07) is 0. The van der Waals surface area contributed by atoms with Crippen molar-refractivity contribution in [2.75, 3.05) is 0 Å². The van der Waals surface area contributed by atoms with Gasteiger partial charge in [0.25, 0.3) is 0 Å². The predicted octanol–water partition coefficient (Wildman–Crippen LogP) is 0.0869. The van der Waals surface area contributed by atoms with E-state index >= 15 is 0 Å². The van der Waals surface area contributed by atoms with Gasteiger partial charge in [0.15, 0.2) is 0 Å². The van der Waals surface area contributed by atoms with Crippen molar-refractivity contribution in [1.82, 2.24) is 0 Å². The molecule has 0 aromatic heterocycles. The molecule has 4 heavy (non-hydrogen) atoms. The molecule has 0 aromatic rings. The van der Waals surface area contributed by atoms with E-state index < -0.39 is 0 Å². The van der Waals surface area contributed by atoms with Crippen LogP contribution in [-0.4, -0.2) is 23.1 Å². The molecule has 0 atom stereocenters. The first-order valence-corrected chi connectivity index (χ1v) is 3.67. The van der Waals surface area contributed by atoms with E-state index in [0.29, 0.717) is 0 Å². The molecule has 0 N–H and O–H groups in total. The van der Waals surface area contributed by atoms with Gasteiger partial charge in [0.1, 0.15) is 0 Å². The first-order chi connectivity index (χ1) is 1.00. The van der Waals surface area contributed by atoms with E-state index in [2.05, 4.69) is 5.52 Å². The maximum Gasteiger partial charge on any atom is 0.316 e. The molecule has 0 fully saturated rings. The molecule has 0 aliphatic rings. The van der Waals surface area contributed by atoms with Crippen LogP contribution < -0.4 is 0 Å². The van der Waals surface area contributed by atoms with E-state index in [1.165, 1.54) is 18.3 Å². The van der Waals surface area contributed by atoms with Crippen LogP contribution >= 0.6 is 12.4 Å². The van der Waals surface area contributed by atoms with Crippen LogP contribution in [0.25, 0.3) is 0 Å². The third-order valence-electron chi connectivity index (χ3n) is 0. The van der Waals surface area contributed by atoms with Gasteiger partial charge in [0.05, 0.1) is 0 Å². The summed E-state index contributed by atoms with van der Waals surface area (Å²) < 4.78 is 0. The van der Waals surface area contributed by atoms with E-state index in [1.54, 1.807) is 0 Å². The Morgan fingerprint density at radius 2 is 1.25 bits per heavy atom. The summed E-state index contributed by atoms with van der Waals surface area (Å²) in [5.41, 5.74) is 2.12. The third kappa shape index (κ3) is 9.37. The topological polar surface area (TPSA) is 0 Å². The van der Waals surface area contributed by atoms with Gasteiger partial charge in [-0.1, -0.05) is 0 Å².